The number of halogens is 1. The predicted molar refractivity (Wildman–Crippen MR) is 120 cm³/mol. The highest BCUT2D eigenvalue weighted by molar-refractivity contribution is 9.10. The Kier molecular flexibility index (Phi) is 5.71. The normalized spacial score (nSPS) is 18.0. The van der Waals surface area contributed by atoms with Crippen molar-refractivity contribution in [3.05, 3.63) is 51.8 Å². The third-order valence-corrected chi connectivity index (χ3v) is 5.94. The minimum Gasteiger partial charge on any atom is -0.369 e. The first kappa shape index (κ1) is 20.3. The summed E-state index contributed by atoms with van der Waals surface area (Å²) in [6, 6.07) is 3.55. The Bertz CT molecular complexity index is 991. The van der Waals surface area contributed by atoms with E-state index in [1.165, 1.54) is 0 Å². The lowest BCUT2D eigenvalue weighted by molar-refractivity contribution is 0.0911. The largest absolute Gasteiger partial charge is 0.369 e. The summed E-state index contributed by atoms with van der Waals surface area (Å²) in [6.07, 6.45) is 4.90. The number of nitrogens with two attached hydrogens (primary N) is 1. The van der Waals surface area contributed by atoms with Gasteiger partial charge in [0.15, 0.2) is 5.95 Å². The number of anilines is 1. The van der Waals surface area contributed by atoms with Crippen molar-refractivity contribution in [1.29, 1.82) is 0 Å². The number of rotatable bonds is 6. The maximum Gasteiger partial charge on any atom is 0.267 e. The molecule has 7 N–H and O–H groups in total. The molecule has 3 aromatic heterocycles. The van der Waals surface area contributed by atoms with E-state index < -0.39 is 0 Å². The lowest BCUT2D eigenvalue weighted by Gasteiger charge is -2.31. The zero-order valence-corrected chi connectivity index (χ0v) is 18.1. The second-order valence-corrected chi connectivity index (χ2v) is 8.63. The van der Waals surface area contributed by atoms with Gasteiger partial charge in [-0.3, -0.25) is 9.59 Å². The lowest BCUT2D eigenvalue weighted by atomic mass is 9.79. The first-order valence-electron chi connectivity index (χ1n) is 9.77. The summed E-state index contributed by atoms with van der Waals surface area (Å²) >= 11 is 3.34. The maximum absolute atomic E-state index is 12.4. The molecule has 0 radical (unpaired) electrons. The fraction of sp³-hybridized carbons (Fsp3) is 0.316. The molecule has 4 rings (SSSR count). The van der Waals surface area contributed by atoms with E-state index >= 15 is 0 Å². The number of carbonyl (C=O) groups excluding carboxylic acids is 2. The number of nitrogens with one attached hydrogen (secondary N) is 5. The highest BCUT2D eigenvalue weighted by atomic mass is 79.9. The molecule has 11 heteroatoms. The molecule has 0 saturated carbocycles. The molecule has 0 saturated heterocycles. The number of nitrogens with zero attached hydrogens (tertiary/aromatic N) is 1. The first-order valence-corrected chi connectivity index (χ1v) is 10.6. The molecule has 0 spiro atoms. The van der Waals surface area contributed by atoms with Crippen LogP contribution in [-0.2, 0) is 12.8 Å². The Balaban J connectivity index is 1.43. The van der Waals surface area contributed by atoms with Crippen LogP contribution >= 0.6 is 15.9 Å². The predicted octanol–water partition coefficient (Wildman–Crippen LogP) is -0.140. The van der Waals surface area contributed by atoms with Crippen molar-refractivity contribution in [2.45, 2.75) is 12.8 Å². The van der Waals surface area contributed by atoms with Crippen LogP contribution in [0, 0.1) is 11.8 Å². The number of imidazole rings is 1. The monoisotopic (exact) mass is 471 g/mol. The van der Waals surface area contributed by atoms with Crippen molar-refractivity contribution in [3.63, 3.8) is 0 Å². The SMILES string of the molecule is Bc1c[nH]c(C(=O)NC[C@@H]2Cc3nc(N)[nH]c3C[C@H]2CNC(=O)c2cc(Br)c[nH]2)c1. The molecule has 3 heterocycles. The molecule has 0 aliphatic heterocycles. The van der Waals surface area contributed by atoms with E-state index in [1.54, 1.807) is 18.5 Å². The highest BCUT2D eigenvalue weighted by Gasteiger charge is 2.31. The summed E-state index contributed by atoms with van der Waals surface area (Å²) in [5.41, 5.74) is 9.80. The zero-order chi connectivity index (χ0) is 21.3. The Morgan fingerprint density at radius 2 is 1.73 bits per heavy atom. The maximum atomic E-state index is 12.4. The molecule has 9 nitrogen and oxygen atoms in total. The van der Waals surface area contributed by atoms with Gasteiger partial charge in [-0.05, 0) is 58.9 Å². The highest BCUT2D eigenvalue weighted by Crippen LogP contribution is 2.29. The number of carbonyl (C=O) groups is 2. The van der Waals surface area contributed by atoms with Crippen molar-refractivity contribution >= 4 is 47.0 Å². The van der Waals surface area contributed by atoms with E-state index in [4.69, 9.17) is 5.73 Å². The van der Waals surface area contributed by atoms with Gasteiger partial charge in [-0.2, -0.15) is 0 Å². The van der Waals surface area contributed by atoms with Gasteiger partial charge in [0.25, 0.3) is 11.8 Å². The second kappa shape index (κ2) is 8.43. The molecule has 2 atom stereocenters. The molecule has 1 aliphatic rings. The van der Waals surface area contributed by atoms with Crippen LogP contribution < -0.4 is 21.8 Å². The molecule has 30 heavy (non-hydrogen) atoms. The van der Waals surface area contributed by atoms with Crippen LogP contribution in [0.3, 0.4) is 0 Å². The molecule has 1 aliphatic carbocycles. The van der Waals surface area contributed by atoms with Gasteiger partial charge in [0.2, 0.25) is 0 Å². The van der Waals surface area contributed by atoms with Crippen molar-refractivity contribution in [1.82, 2.24) is 30.6 Å². The van der Waals surface area contributed by atoms with Gasteiger partial charge in [-0.15, -0.1) is 0 Å². The van der Waals surface area contributed by atoms with Gasteiger partial charge >= 0.3 is 0 Å². The molecule has 0 fully saturated rings. The van der Waals surface area contributed by atoms with Crippen molar-refractivity contribution in [3.8, 4) is 0 Å². The summed E-state index contributed by atoms with van der Waals surface area (Å²) in [5, 5.41) is 6.00. The van der Waals surface area contributed by atoms with Crippen LogP contribution in [0.5, 0.6) is 0 Å². The molecule has 0 bridgehead atoms. The number of fused-ring (bicyclic) bond motifs is 1. The number of amides is 2. The summed E-state index contributed by atoms with van der Waals surface area (Å²) in [7, 11) is 1.93. The van der Waals surface area contributed by atoms with Crippen LogP contribution in [0.15, 0.2) is 29.0 Å². The van der Waals surface area contributed by atoms with Gasteiger partial charge in [0.1, 0.15) is 19.2 Å². The van der Waals surface area contributed by atoms with E-state index in [1.807, 2.05) is 13.9 Å². The van der Waals surface area contributed by atoms with Crippen LogP contribution in [0.1, 0.15) is 32.4 Å². The number of aromatic amines is 3. The van der Waals surface area contributed by atoms with Crippen molar-refractivity contribution in [2.75, 3.05) is 18.8 Å². The number of aromatic nitrogens is 4. The van der Waals surface area contributed by atoms with Gasteiger partial charge in [0, 0.05) is 29.5 Å². The summed E-state index contributed by atoms with van der Waals surface area (Å²) in [4.78, 5) is 38.3. The van der Waals surface area contributed by atoms with E-state index in [0.29, 0.717) is 43.3 Å². The fourth-order valence-corrected chi connectivity index (χ4v) is 4.24. The topological polar surface area (TPSA) is 144 Å². The van der Waals surface area contributed by atoms with Gasteiger partial charge < -0.3 is 31.3 Å². The minimum atomic E-state index is -0.166. The number of hydrogen-bond donors (Lipinski definition) is 6. The number of hydrogen-bond acceptors (Lipinski definition) is 4. The number of H-pyrrole nitrogens is 3. The van der Waals surface area contributed by atoms with Crippen LogP contribution in [-0.4, -0.2) is 52.7 Å². The third kappa shape index (κ3) is 4.45. The molecular weight excluding hydrogens is 449 g/mol. The second-order valence-electron chi connectivity index (χ2n) is 7.72. The summed E-state index contributed by atoms with van der Waals surface area (Å²) in [5.74, 6) is 0.335. The van der Waals surface area contributed by atoms with Gasteiger partial charge in [-0.25, -0.2) is 4.98 Å². The summed E-state index contributed by atoms with van der Waals surface area (Å²) < 4.78 is 0.822. The van der Waals surface area contributed by atoms with Crippen LogP contribution in [0.4, 0.5) is 5.95 Å². The van der Waals surface area contributed by atoms with Crippen LogP contribution in [0.2, 0.25) is 0 Å². The summed E-state index contributed by atoms with van der Waals surface area (Å²) in [6.45, 7) is 0.966. The number of nitrogen functional groups attached to an aromatic ring is 1. The molecule has 156 valence electrons. The molecule has 0 aromatic carbocycles. The minimum absolute atomic E-state index is 0.121. The third-order valence-electron chi connectivity index (χ3n) is 5.49. The average Bonchev–Trinajstić information content (AvgIpc) is 3.42. The Morgan fingerprint density at radius 1 is 1.10 bits per heavy atom. The van der Waals surface area contributed by atoms with Gasteiger partial charge in [-0.1, -0.05) is 5.46 Å². The Morgan fingerprint density at radius 3 is 2.33 bits per heavy atom. The van der Waals surface area contributed by atoms with Crippen molar-refractivity contribution < 1.29 is 9.59 Å². The van der Waals surface area contributed by atoms with E-state index in [0.717, 1.165) is 21.3 Å². The van der Waals surface area contributed by atoms with E-state index in [-0.39, 0.29) is 23.7 Å². The average molecular weight is 472 g/mol. The molecule has 0 unspecified atom stereocenters. The van der Waals surface area contributed by atoms with Gasteiger partial charge in [0.05, 0.1) is 5.69 Å². The quantitative estimate of drug-likeness (QED) is 0.278. The Labute approximate surface area is 182 Å². The first-order chi connectivity index (χ1) is 14.4. The fourth-order valence-electron chi connectivity index (χ4n) is 3.90. The Hall–Kier alpha value is -2.95. The zero-order valence-electron chi connectivity index (χ0n) is 16.5. The lowest BCUT2D eigenvalue weighted by Crippen LogP contribution is -2.42. The smallest absolute Gasteiger partial charge is 0.267 e. The van der Waals surface area contributed by atoms with E-state index in [9.17, 15) is 9.59 Å². The van der Waals surface area contributed by atoms with E-state index in [2.05, 4.69) is 46.5 Å². The molecule has 3 aromatic rings. The standard InChI is InChI=1S/C19H23BBrN7O2/c20-11-3-15(23-7-11)17(29)25-5-9-1-13-14(28-19(22)27-13)2-10(9)6-26-18(30)16-4-12(21)8-24-16/h3-4,7-10,23-24H,1-2,5-6,20H2,(H,25,29)(H,26,30)(H3,22,27,28)/t9-,10-/m0/s1. The molecular formula is C19H23BBrN7O2. The van der Waals surface area contributed by atoms with Crippen molar-refractivity contribution in [2.24, 2.45) is 11.8 Å². The van der Waals surface area contributed by atoms with Crippen LogP contribution in [0.25, 0.3) is 0 Å². The molecule has 2 amide bonds.